The zero-order chi connectivity index (χ0) is 31.9. The maximum Gasteiger partial charge on any atom is 0.225 e. The van der Waals surface area contributed by atoms with E-state index in [-0.39, 0.29) is 30.1 Å². The van der Waals surface area contributed by atoms with Crippen LogP contribution in [0.25, 0.3) is 0 Å². The van der Waals surface area contributed by atoms with Crippen LogP contribution < -0.4 is 4.90 Å². The molecule has 4 aromatic carbocycles. The Morgan fingerprint density at radius 1 is 0.783 bits per heavy atom. The fraction of sp³-hybridized carbons (Fsp3) is 0.263. The molecule has 0 radical (unpaired) electrons. The SMILES string of the molecule is CCCc1cnc(N2C[C@H](SC(c3ccccc3)(c3ccccc3)c3ccccc3)C[C@H]2COCc2cc(F)c(F)cc2F)nc1. The number of rotatable bonds is 12. The second-order valence-electron chi connectivity index (χ2n) is 11.6. The zero-order valence-corrected chi connectivity index (χ0v) is 26.5. The molecule has 8 heteroatoms. The minimum atomic E-state index is -1.22. The van der Waals surface area contributed by atoms with Crippen LogP contribution >= 0.6 is 11.8 Å². The van der Waals surface area contributed by atoms with Crippen molar-refractivity contribution < 1.29 is 17.9 Å². The maximum atomic E-state index is 14.4. The van der Waals surface area contributed by atoms with Crippen LogP contribution in [-0.2, 0) is 22.5 Å². The van der Waals surface area contributed by atoms with E-state index in [4.69, 9.17) is 14.7 Å². The fourth-order valence-electron chi connectivity index (χ4n) is 6.23. The van der Waals surface area contributed by atoms with Gasteiger partial charge < -0.3 is 9.64 Å². The van der Waals surface area contributed by atoms with E-state index >= 15 is 0 Å². The lowest BCUT2D eigenvalue weighted by Crippen LogP contribution is -2.35. The lowest BCUT2D eigenvalue weighted by atomic mass is 9.84. The largest absolute Gasteiger partial charge is 0.375 e. The van der Waals surface area contributed by atoms with Gasteiger partial charge in [0.05, 0.1) is 24.0 Å². The Hall–Kier alpha value is -4.14. The van der Waals surface area contributed by atoms with E-state index in [2.05, 4.69) is 84.6 Å². The lowest BCUT2D eigenvalue weighted by Gasteiger charge is -2.37. The normalized spacial score (nSPS) is 16.6. The van der Waals surface area contributed by atoms with Crippen LogP contribution in [-0.4, -0.2) is 34.4 Å². The summed E-state index contributed by atoms with van der Waals surface area (Å²) in [6.45, 7) is 2.85. The molecular formula is C38H36F3N3OS. The molecule has 5 aromatic rings. The number of halogens is 3. The molecule has 6 rings (SSSR count). The predicted molar refractivity (Wildman–Crippen MR) is 178 cm³/mol. The van der Waals surface area contributed by atoms with Gasteiger partial charge in [-0.25, -0.2) is 23.1 Å². The third kappa shape index (κ3) is 6.83. The topological polar surface area (TPSA) is 38.2 Å². The van der Waals surface area contributed by atoms with E-state index in [1.165, 1.54) is 16.7 Å². The van der Waals surface area contributed by atoms with Gasteiger partial charge in [0.2, 0.25) is 5.95 Å². The van der Waals surface area contributed by atoms with Crippen molar-refractivity contribution >= 4 is 17.7 Å². The van der Waals surface area contributed by atoms with Gasteiger partial charge in [-0.2, -0.15) is 0 Å². The minimum Gasteiger partial charge on any atom is -0.375 e. The number of hydrogen-bond donors (Lipinski definition) is 0. The summed E-state index contributed by atoms with van der Waals surface area (Å²) in [6.07, 6.45) is 6.41. The van der Waals surface area contributed by atoms with Crippen LogP contribution in [0.5, 0.6) is 0 Å². The van der Waals surface area contributed by atoms with Crippen LogP contribution in [0, 0.1) is 17.5 Å². The van der Waals surface area contributed by atoms with Gasteiger partial charge in [0.15, 0.2) is 11.6 Å². The highest BCUT2D eigenvalue weighted by atomic mass is 32.2. The molecule has 1 saturated heterocycles. The van der Waals surface area contributed by atoms with Gasteiger partial charge in [-0.1, -0.05) is 104 Å². The molecule has 46 heavy (non-hydrogen) atoms. The van der Waals surface area contributed by atoms with Gasteiger partial charge in [-0.05, 0) is 41.2 Å². The summed E-state index contributed by atoms with van der Waals surface area (Å²) < 4.78 is 47.2. The Kier molecular flexibility index (Phi) is 10.0. The number of nitrogens with zero attached hydrogens (tertiary/aromatic N) is 3. The number of benzene rings is 4. The summed E-state index contributed by atoms with van der Waals surface area (Å²) in [5.41, 5.74) is 4.59. The Labute approximate surface area is 272 Å². The van der Waals surface area contributed by atoms with Gasteiger partial charge in [0.25, 0.3) is 0 Å². The minimum absolute atomic E-state index is 0.0224. The highest BCUT2D eigenvalue weighted by molar-refractivity contribution is 8.01. The van der Waals surface area contributed by atoms with Crippen molar-refractivity contribution in [1.29, 1.82) is 0 Å². The number of aryl methyl sites for hydroxylation is 1. The average molecular weight is 640 g/mol. The Morgan fingerprint density at radius 3 is 1.87 bits per heavy atom. The quantitative estimate of drug-likeness (QED) is 0.101. The summed E-state index contributed by atoms with van der Waals surface area (Å²) in [5, 5.41) is 0.133. The first kappa shape index (κ1) is 31.8. The average Bonchev–Trinajstić information content (AvgIpc) is 3.49. The van der Waals surface area contributed by atoms with Crippen LogP contribution in [0.4, 0.5) is 19.1 Å². The maximum absolute atomic E-state index is 14.4. The van der Waals surface area contributed by atoms with Crippen LogP contribution in [0.1, 0.15) is 47.6 Å². The van der Waals surface area contributed by atoms with E-state index in [0.717, 1.165) is 30.9 Å². The first-order valence-electron chi connectivity index (χ1n) is 15.6. The summed E-state index contributed by atoms with van der Waals surface area (Å²) in [4.78, 5) is 11.6. The van der Waals surface area contributed by atoms with Crippen molar-refractivity contribution in [3.63, 3.8) is 0 Å². The fourth-order valence-corrected chi connectivity index (χ4v) is 8.10. The molecule has 1 aliphatic rings. The molecule has 0 unspecified atom stereocenters. The van der Waals surface area contributed by atoms with E-state index < -0.39 is 22.2 Å². The molecule has 0 saturated carbocycles. The van der Waals surface area contributed by atoms with E-state index in [9.17, 15) is 13.2 Å². The molecule has 0 bridgehead atoms. The molecule has 2 atom stereocenters. The second-order valence-corrected chi connectivity index (χ2v) is 13.1. The Balaban J connectivity index is 1.33. The van der Waals surface area contributed by atoms with Gasteiger partial charge in [0.1, 0.15) is 5.82 Å². The predicted octanol–water partition coefficient (Wildman–Crippen LogP) is 8.74. The lowest BCUT2D eigenvalue weighted by molar-refractivity contribution is 0.106. The number of aromatic nitrogens is 2. The first-order chi connectivity index (χ1) is 22.5. The standard InChI is InChI=1S/C38H36F3N3OS/c1-2-12-27-22-42-37(43-23-27)44-24-33(20-32(44)26-45-25-28-19-35(40)36(41)21-34(28)39)46-38(29-13-6-3-7-14-29,30-15-8-4-9-16-30)31-17-10-5-11-18-31/h3-11,13-19,21-23,32-33H,2,12,20,24-26H2,1H3/t32-,33+/m0/s1. The van der Waals surface area contributed by atoms with Crippen molar-refractivity contribution in [2.45, 2.75) is 48.8 Å². The van der Waals surface area contributed by atoms with E-state index in [1.54, 1.807) is 0 Å². The summed E-state index contributed by atoms with van der Waals surface area (Å²) >= 11 is 1.90. The summed E-state index contributed by atoms with van der Waals surface area (Å²) in [7, 11) is 0. The first-order valence-corrected chi connectivity index (χ1v) is 16.5. The summed E-state index contributed by atoms with van der Waals surface area (Å²) in [6, 6.07) is 33.0. The van der Waals surface area contributed by atoms with Gasteiger partial charge in [0, 0.05) is 35.8 Å². The van der Waals surface area contributed by atoms with Crippen molar-refractivity contribution in [2.24, 2.45) is 0 Å². The number of thioether (sulfide) groups is 1. The third-order valence-electron chi connectivity index (χ3n) is 8.40. The number of hydrogen-bond acceptors (Lipinski definition) is 5. The monoisotopic (exact) mass is 639 g/mol. The van der Waals surface area contributed by atoms with Crippen molar-refractivity contribution in [2.75, 3.05) is 18.1 Å². The molecule has 4 nitrogen and oxygen atoms in total. The van der Waals surface area contributed by atoms with Crippen LogP contribution in [0.3, 0.4) is 0 Å². The third-order valence-corrected chi connectivity index (χ3v) is 10.1. The van der Waals surface area contributed by atoms with Gasteiger partial charge >= 0.3 is 0 Å². The van der Waals surface area contributed by atoms with E-state index in [1.807, 2.05) is 42.4 Å². The van der Waals surface area contributed by atoms with Crippen LogP contribution in [0.2, 0.25) is 0 Å². The summed E-state index contributed by atoms with van der Waals surface area (Å²) in [5.74, 6) is -2.53. The van der Waals surface area contributed by atoms with Gasteiger partial charge in [-0.3, -0.25) is 0 Å². The zero-order valence-electron chi connectivity index (χ0n) is 25.7. The second kappa shape index (κ2) is 14.5. The van der Waals surface area contributed by atoms with Crippen LogP contribution in [0.15, 0.2) is 116 Å². The Bertz CT molecular complexity index is 1610. The molecule has 0 spiro atoms. The van der Waals surface area contributed by atoms with Gasteiger partial charge in [-0.15, -0.1) is 11.8 Å². The van der Waals surface area contributed by atoms with E-state index in [0.29, 0.717) is 18.6 Å². The molecule has 1 aromatic heterocycles. The molecule has 2 heterocycles. The molecule has 0 N–H and O–H groups in total. The molecule has 0 aliphatic carbocycles. The van der Waals surface area contributed by atoms with Crippen molar-refractivity contribution in [3.8, 4) is 0 Å². The number of ether oxygens (including phenoxy) is 1. The van der Waals surface area contributed by atoms with Crippen molar-refractivity contribution in [3.05, 3.63) is 161 Å². The highest BCUT2D eigenvalue weighted by Crippen LogP contribution is 2.52. The smallest absolute Gasteiger partial charge is 0.225 e. The number of anilines is 1. The molecule has 236 valence electrons. The Morgan fingerprint density at radius 2 is 1.33 bits per heavy atom. The highest BCUT2D eigenvalue weighted by Gasteiger charge is 2.43. The molecular weight excluding hydrogens is 603 g/mol. The molecule has 1 fully saturated rings. The molecule has 0 amide bonds. The van der Waals surface area contributed by atoms with Crippen molar-refractivity contribution in [1.82, 2.24) is 9.97 Å². The molecule has 1 aliphatic heterocycles.